The number of aryl methyl sites for hydroxylation is 2. The standard InChI is InChI=1S/C51H65ClN4O7S/c1-4-39-20-18-37(33-47(39)62-2)19-22-45(57)44-35-55(50(59)63-46-23-21-40-15-10-11-16-42(40)48(46)52)30-31-56(44)49(58)43(17-9-6-12-32-64(3,60)61)53-41-24-26-51(27-25-41)28-29-54(36-51)34-38-13-7-5-8-14-38/h5,7-8,10-11,13-16,18,20-21,23,33,41,43-44,53H,4,6,9,12,17,19,22,24-32,34-36H2,1-3H3/t41?,43-,44+,51?/m1/s1. The number of benzene rings is 4. The highest BCUT2D eigenvalue weighted by Gasteiger charge is 2.43. The molecule has 4 aromatic carbocycles. The zero-order chi connectivity index (χ0) is 45.3. The van der Waals surface area contributed by atoms with Crippen LogP contribution in [0.1, 0.15) is 87.8 Å². The number of piperazine rings is 1. The van der Waals surface area contributed by atoms with Gasteiger partial charge in [-0.3, -0.25) is 14.5 Å². The van der Waals surface area contributed by atoms with E-state index in [0.29, 0.717) is 37.1 Å². The van der Waals surface area contributed by atoms with Crippen LogP contribution in [0.4, 0.5) is 4.79 Å². The fourth-order valence-electron chi connectivity index (χ4n) is 10.1. The van der Waals surface area contributed by atoms with Crippen molar-refractivity contribution in [2.75, 3.05) is 51.8 Å². The number of rotatable bonds is 18. The normalized spacial score (nSPS) is 21.0. The third-order valence-corrected chi connectivity index (χ3v) is 15.2. The van der Waals surface area contributed by atoms with E-state index in [0.717, 1.165) is 79.4 Å². The predicted octanol–water partition coefficient (Wildman–Crippen LogP) is 8.68. The Kier molecular flexibility index (Phi) is 16.1. The number of hydrogen-bond donors (Lipinski definition) is 1. The Balaban J connectivity index is 1.07. The highest BCUT2D eigenvalue weighted by molar-refractivity contribution is 7.90. The minimum Gasteiger partial charge on any atom is -0.496 e. The Morgan fingerprint density at radius 2 is 1.64 bits per heavy atom. The van der Waals surface area contributed by atoms with Crippen LogP contribution >= 0.6 is 11.6 Å². The number of sulfone groups is 1. The molecule has 2 heterocycles. The van der Waals surface area contributed by atoms with Gasteiger partial charge in [0, 0.05) is 56.0 Å². The Labute approximate surface area is 384 Å². The van der Waals surface area contributed by atoms with Crippen LogP contribution < -0.4 is 14.8 Å². The third kappa shape index (κ3) is 12.2. The van der Waals surface area contributed by atoms with Crippen molar-refractivity contribution in [2.24, 2.45) is 5.41 Å². The van der Waals surface area contributed by atoms with E-state index in [2.05, 4.69) is 47.5 Å². The number of nitrogens with zero attached hydrogens (tertiary/aromatic N) is 3. The van der Waals surface area contributed by atoms with Crippen LogP contribution in [0.5, 0.6) is 11.5 Å². The van der Waals surface area contributed by atoms with Gasteiger partial charge in [0.15, 0.2) is 11.5 Å². The maximum atomic E-state index is 15.0. The first-order chi connectivity index (χ1) is 30.8. The zero-order valence-electron chi connectivity index (χ0n) is 37.7. The number of carbonyl (C=O) groups excluding carboxylic acids is 3. The molecular formula is C51H65ClN4O7S. The molecule has 0 unspecified atom stereocenters. The van der Waals surface area contributed by atoms with Crippen LogP contribution in [-0.2, 0) is 38.8 Å². The predicted molar refractivity (Wildman–Crippen MR) is 254 cm³/mol. The van der Waals surface area contributed by atoms with Crippen molar-refractivity contribution in [1.29, 1.82) is 0 Å². The summed E-state index contributed by atoms with van der Waals surface area (Å²) in [5.74, 6) is 0.820. The van der Waals surface area contributed by atoms with Crippen molar-refractivity contribution in [3.63, 3.8) is 0 Å². The van der Waals surface area contributed by atoms with Crippen LogP contribution in [0.15, 0.2) is 84.9 Å². The molecule has 3 fully saturated rings. The second-order valence-corrected chi connectivity index (χ2v) is 21.0. The summed E-state index contributed by atoms with van der Waals surface area (Å²) in [4.78, 5) is 49.1. The summed E-state index contributed by atoms with van der Waals surface area (Å²) in [6.07, 6.45) is 9.68. The lowest BCUT2D eigenvalue weighted by molar-refractivity contribution is -0.144. The smallest absolute Gasteiger partial charge is 0.415 e. The van der Waals surface area contributed by atoms with E-state index >= 15 is 0 Å². The average Bonchev–Trinajstić information content (AvgIpc) is 3.69. The molecule has 7 rings (SSSR count). The van der Waals surface area contributed by atoms with Crippen LogP contribution in [0.25, 0.3) is 10.8 Å². The van der Waals surface area contributed by atoms with Crippen molar-refractivity contribution in [1.82, 2.24) is 20.0 Å². The lowest BCUT2D eigenvalue weighted by atomic mass is 9.72. The average molecular weight is 914 g/mol. The molecule has 0 bridgehead atoms. The monoisotopic (exact) mass is 912 g/mol. The van der Waals surface area contributed by atoms with Crippen LogP contribution in [0, 0.1) is 5.41 Å². The number of hydrogen-bond acceptors (Lipinski definition) is 9. The second-order valence-electron chi connectivity index (χ2n) is 18.3. The largest absolute Gasteiger partial charge is 0.496 e. The van der Waals surface area contributed by atoms with Crippen LogP contribution in [0.2, 0.25) is 5.02 Å². The molecule has 1 N–H and O–H groups in total. The molecule has 1 saturated carbocycles. The number of methoxy groups -OCH3 is 1. The van der Waals surface area contributed by atoms with E-state index < -0.39 is 28.0 Å². The number of amides is 2. The van der Waals surface area contributed by atoms with Gasteiger partial charge in [0.2, 0.25) is 5.91 Å². The van der Waals surface area contributed by atoms with Crippen molar-refractivity contribution in [3.8, 4) is 11.5 Å². The minimum atomic E-state index is -3.10. The van der Waals surface area contributed by atoms with E-state index in [1.165, 1.54) is 23.1 Å². The summed E-state index contributed by atoms with van der Waals surface area (Å²) in [5.41, 5.74) is 3.65. The number of likely N-dealkylation sites (tertiary alicyclic amines) is 1. The molecule has 2 aliphatic heterocycles. The van der Waals surface area contributed by atoms with E-state index in [-0.39, 0.29) is 60.7 Å². The first kappa shape index (κ1) is 47.5. The SMILES string of the molecule is CCc1ccc(CCC(=O)[C@@H]2CN(C(=O)Oc3ccc4ccccc4c3Cl)CCN2C(=O)[C@@H](CCCCCS(C)(=O)=O)NC2CCC3(CC2)CCN(Cc2ccccc2)C3)cc1OC. The summed E-state index contributed by atoms with van der Waals surface area (Å²) in [5, 5.41) is 5.79. The summed E-state index contributed by atoms with van der Waals surface area (Å²) in [7, 11) is -1.45. The highest BCUT2D eigenvalue weighted by atomic mass is 35.5. The van der Waals surface area contributed by atoms with Gasteiger partial charge in [0.1, 0.15) is 21.6 Å². The maximum absolute atomic E-state index is 15.0. The van der Waals surface area contributed by atoms with E-state index in [9.17, 15) is 22.8 Å². The van der Waals surface area contributed by atoms with Crippen LogP contribution in [0.3, 0.4) is 0 Å². The number of halogens is 1. The van der Waals surface area contributed by atoms with Gasteiger partial charge in [-0.15, -0.1) is 0 Å². The number of ketones is 1. The summed E-state index contributed by atoms with van der Waals surface area (Å²) in [6, 6.07) is 26.5. The molecular weight excluding hydrogens is 848 g/mol. The van der Waals surface area contributed by atoms with E-state index in [1.807, 2.05) is 48.5 Å². The molecule has 0 aromatic heterocycles. The Bertz CT molecular complexity index is 2350. The van der Waals surface area contributed by atoms with Crippen molar-refractivity contribution in [2.45, 2.75) is 109 Å². The zero-order valence-corrected chi connectivity index (χ0v) is 39.3. The van der Waals surface area contributed by atoms with Gasteiger partial charge in [0.05, 0.1) is 24.7 Å². The lowest BCUT2D eigenvalue weighted by Gasteiger charge is -2.43. The number of ether oxygens (including phenoxy) is 2. The summed E-state index contributed by atoms with van der Waals surface area (Å²) >= 11 is 6.73. The van der Waals surface area contributed by atoms with Crippen molar-refractivity contribution >= 4 is 50.0 Å². The van der Waals surface area contributed by atoms with Crippen molar-refractivity contribution in [3.05, 3.63) is 107 Å². The number of carbonyl (C=O) groups is 3. The van der Waals surface area contributed by atoms with Gasteiger partial charge in [-0.25, -0.2) is 13.2 Å². The molecule has 1 aliphatic carbocycles. The number of Topliss-reactive ketones (excluding diaryl/α,β-unsaturated/α-hetero) is 1. The first-order valence-corrected chi connectivity index (χ1v) is 25.6. The van der Waals surface area contributed by atoms with Gasteiger partial charge < -0.3 is 24.6 Å². The van der Waals surface area contributed by atoms with Crippen molar-refractivity contribution < 1.29 is 32.3 Å². The maximum Gasteiger partial charge on any atom is 0.415 e. The molecule has 2 amide bonds. The van der Waals surface area contributed by atoms with E-state index in [1.54, 1.807) is 18.1 Å². The molecule has 1 spiro atoms. The topological polar surface area (TPSA) is 126 Å². The Hall–Kier alpha value is -4.49. The first-order valence-electron chi connectivity index (χ1n) is 23.2. The number of fused-ring (bicyclic) bond motifs is 1. The van der Waals surface area contributed by atoms with Gasteiger partial charge in [-0.05, 0) is 104 Å². The van der Waals surface area contributed by atoms with E-state index in [4.69, 9.17) is 21.1 Å². The molecule has 2 atom stereocenters. The molecule has 4 aromatic rings. The minimum absolute atomic E-state index is 0.0147. The summed E-state index contributed by atoms with van der Waals surface area (Å²) < 4.78 is 35.4. The quantitative estimate of drug-likeness (QED) is 0.0977. The Morgan fingerprint density at radius 3 is 2.39 bits per heavy atom. The van der Waals surface area contributed by atoms with Gasteiger partial charge in [0.25, 0.3) is 0 Å². The molecule has 64 heavy (non-hydrogen) atoms. The number of nitrogens with one attached hydrogen (secondary N) is 1. The summed E-state index contributed by atoms with van der Waals surface area (Å²) in [6.45, 7) is 5.52. The molecule has 2 saturated heterocycles. The fourth-order valence-corrected chi connectivity index (χ4v) is 11.1. The highest BCUT2D eigenvalue weighted by Crippen LogP contribution is 2.44. The number of unbranched alkanes of at least 4 members (excludes halogenated alkanes) is 2. The third-order valence-electron chi connectivity index (χ3n) is 13.8. The molecule has 0 radical (unpaired) electrons. The Morgan fingerprint density at radius 1 is 0.875 bits per heavy atom. The lowest BCUT2D eigenvalue weighted by Crippen LogP contribution is -2.63. The van der Waals surface area contributed by atoms with Gasteiger partial charge in [-0.2, -0.15) is 0 Å². The van der Waals surface area contributed by atoms with Gasteiger partial charge >= 0.3 is 6.09 Å². The van der Waals surface area contributed by atoms with Crippen LogP contribution in [-0.4, -0.2) is 111 Å². The molecule has 344 valence electrons. The fraction of sp³-hybridized carbons (Fsp3) is 0.510. The van der Waals surface area contributed by atoms with Gasteiger partial charge in [-0.1, -0.05) is 104 Å². The second kappa shape index (κ2) is 21.7. The molecule has 11 nitrogen and oxygen atoms in total. The molecule has 13 heteroatoms. The molecule has 3 aliphatic rings.